The van der Waals surface area contributed by atoms with Crippen molar-refractivity contribution in [1.82, 2.24) is 25.0 Å². The monoisotopic (exact) mass is 524 g/mol. The van der Waals surface area contributed by atoms with Gasteiger partial charge in [-0.1, -0.05) is 0 Å². The number of sulfone groups is 1. The molecular formula is C25H28N6O5S. The van der Waals surface area contributed by atoms with Gasteiger partial charge in [0.15, 0.2) is 15.5 Å². The molecule has 1 fully saturated rings. The van der Waals surface area contributed by atoms with Gasteiger partial charge in [0.1, 0.15) is 0 Å². The molecule has 1 aromatic carbocycles. The van der Waals surface area contributed by atoms with Crippen molar-refractivity contribution < 1.29 is 22.7 Å². The second-order valence-electron chi connectivity index (χ2n) is 9.25. The number of carbonyl (C=O) groups is 1. The minimum atomic E-state index is -3.31. The lowest BCUT2D eigenvalue weighted by Crippen LogP contribution is -2.21. The number of hydrogen-bond acceptors (Lipinski definition) is 8. The number of amides is 1. The molecule has 0 bridgehead atoms. The maximum Gasteiger partial charge on any atom is 0.276 e. The van der Waals surface area contributed by atoms with Crippen LogP contribution in [0.3, 0.4) is 0 Å². The number of aromatic nitrogens is 5. The van der Waals surface area contributed by atoms with Crippen molar-refractivity contribution in [2.45, 2.75) is 25.1 Å². The summed E-state index contributed by atoms with van der Waals surface area (Å²) in [6, 6.07) is 7.11. The van der Waals surface area contributed by atoms with E-state index in [0.29, 0.717) is 33.9 Å². The van der Waals surface area contributed by atoms with E-state index in [0.717, 1.165) is 49.8 Å². The zero-order chi connectivity index (χ0) is 26.0. The molecule has 0 saturated carbocycles. The molecule has 12 heteroatoms. The number of nitrogens with one attached hydrogen (secondary N) is 2. The Morgan fingerprint density at radius 1 is 1.22 bits per heavy atom. The van der Waals surface area contributed by atoms with Gasteiger partial charge in [-0.15, -0.1) is 0 Å². The SMILES string of the molecule is COc1ncc(-c2cc(NC(=O)c3ccn(CC4CCOCC4)n3)c3cn[nH]c3c2)cc1CS(C)(=O)=O. The van der Waals surface area contributed by atoms with Crippen LogP contribution in [0, 0.1) is 5.92 Å². The predicted octanol–water partition coefficient (Wildman–Crippen LogP) is 3.05. The molecular weight excluding hydrogens is 496 g/mol. The van der Waals surface area contributed by atoms with Crippen molar-refractivity contribution >= 4 is 32.3 Å². The molecule has 1 aliphatic rings. The highest BCUT2D eigenvalue weighted by molar-refractivity contribution is 7.89. The highest BCUT2D eigenvalue weighted by Crippen LogP contribution is 2.32. The molecule has 1 amide bonds. The maximum absolute atomic E-state index is 13.1. The van der Waals surface area contributed by atoms with E-state index in [4.69, 9.17) is 9.47 Å². The van der Waals surface area contributed by atoms with Gasteiger partial charge in [-0.3, -0.25) is 14.6 Å². The molecule has 0 aliphatic carbocycles. The molecule has 1 aliphatic heterocycles. The second-order valence-corrected chi connectivity index (χ2v) is 11.4. The van der Waals surface area contributed by atoms with Crippen LogP contribution in [0.4, 0.5) is 5.69 Å². The van der Waals surface area contributed by atoms with Gasteiger partial charge in [0.25, 0.3) is 5.91 Å². The lowest BCUT2D eigenvalue weighted by atomic mass is 10.0. The minimum Gasteiger partial charge on any atom is -0.481 e. The number of nitrogens with zero attached hydrogens (tertiary/aromatic N) is 4. The van der Waals surface area contributed by atoms with Crippen LogP contribution in [0.5, 0.6) is 5.88 Å². The molecule has 2 N–H and O–H groups in total. The Morgan fingerprint density at radius 3 is 2.78 bits per heavy atom. The van der Waals surface area contributed by atoms with E-state index in [1.165, 1.54) is 7.11 Å². The quantitative estimate of drug-likeness (QED) is 0.358. The number of rotatable bonds is 8. The first-order chi connectivity index (χ1) is 17.8. The molecule has 11 nitrogen and oxygen atoms in total. The van der Waals surface area contributed by atoms with E-state index in [2.05, 4.69) is 25.6 Å². The lowest BCUT2D eigenvalue weighted by Gasteiger charge is -2.21. The van der Waals surface area contributed by atoms with Gasteiger partial charge < -0.3 is 14.8 Å². The summed E-state index contributed by atoms with van der Waals surface area (Å²) in [6.07, 6.45) is 8.19. The Balaban J connectivity index is 1.42. The van der Waals surface area contributed by atoms with Crippen LogP contribution in [0.15, 0.2) is 42.9 Å². The van der Waals surface area contributed by atoms with E-state index in [9.17, 15) is 13.2 Å². The number of carbonyl (C=O) groups excluding carboxylic acids is 1. The predicted molar refractivity (Wildman–Crippen MR) is 138 cm³/mol. The molecule has 37 heavy (non-hydrogen) atoms. The molecule has 4 heterocycles. The van der Waals surface area contributed by atoms with E-state index in [-0.39, 0.29) is 17.5 Å². The van der Waals surface area contributed by atoms with Gasteiger partial charge >= 0.3 is 0 Å². The first kappa shape index (κ1) is 24.9. The second kappa shape index (κ2) is 10.3. The summed E-state index contributed by atoms with van der Waals surface area (Å²) in [4.78, 5) is 17.4. The molecule has 0 atom stereocenters. The van der Waals surface area contributed by atoms with Crippen molar-refractivity contribution in [1.29, 1.82) is 0 Å². The third-order valence-electron chi connectivity index (χ3n) is 6.34. The zero-order valence-corrected chi connectivity index (χ0v) is 21.4. The first-order valence-corrected chi connectivity index (χ1v) is 14.0. The number of fused-ring (bicyclic) bond motifs is 1. The summed E-state index contributed by atoms with van der Waals surface area (Å²) in [5.41, 5.74) is 3.42. The number of ether oxygens (including phenoxy) is 2. The Kier molecular flexibility index (Phi) is 6.94. The summed E-state index contributed by atoms with van der Waals surface area (Å²) in [5.74, 6) is 0.193. The van der Waals surface area contributed by atoms with Gasteiger partial charge in [0.05, 0.1) is 30.3 Å². The summed E-state index contributed by atoms with van der Waals surface area (Å²) in [6.45, 7) is 2.27. The summed E-state index contributed by atoms with van der Waals surface area (Å²) in [5, 5.41) is 15.2. The van der Waals surface area contributed by atoms with Crippen LogP contribution >= 0.6 is 0 Å². The number of anilines is 1. The number of methoxy groups -OCH3 is 1. The zero-order valence-electron chi connectivity index (χ0n) is 20.6. The fourth-order valence-corrected chi connectivity index (χ4v) is 5.28. The summed E-state index contributed by atoms with van der Waals surface area (Å²) >= 11 is 0. The summed E-state index contributed by atoms with van der Waals surface area (Å²) in [7, 11) is -1.86. The van der Waals surface area contributed by atoms with Gasteiger partial charge in [-0.05, 0) is 48.6 Å². The van der Waals surface area contributed by atoms with Gasteiger partial charge in [-0.2, -0.15) is 10.2 Å². The smallest absolute Gasteiger partial charge is 0.276 e. The van der Waals surface area contributed by atoms with Crippen LogP contribution in [0.1, 0.15) is 28.9 Å². The summed E-state index contributed by atoms with van der Waals surface area (Å²) < 4.78 is 36.3. The molecule has 0 spiro atoms. The number of aromatic amines is 1. The molecule has 0 radical (unpaired) electrons. The molecule has 194 valence electrons. The Hall–Kier alpha value is -3.77. The number of hydrogen-bond donors (Lipinski definition) is 2. The van der Waals surface area contributed by atoms with E-state index < -0.39 is 9.84 Å². The molecule has 5 rings (SSSR count). The van der Waals surface area contributed by atoms with Crippen molar-refractivity contribution in [3.05, 3.63) is 54.1 Å². The minimum absolute atomic E-state index is 0.205. The number of H-pyrrole nitrogens is 1. The molecule has 4 aromatic rings. The average Bonchev–Trinajstić information content (AvgIpc) is 3.53. The molecule has 1 saturated heterocycles. The third kappa shape index (κ3) is 5.81. The third-order valence-corrected chi connectivity index (χ3v) is 7.17. The maximum atomic E-state index is 13.1. The van der Waals surface area contributed by atoms with Gasteiger partial charge in [0, 0.05) is 54.9 Å². The Bertz CT molecular complexity index is 1540. The molecule has 3 aromatic heterocycles. The van der Waals surface area contributed by atoms with Crippen molar-refractivity contribution in [3.63, 3.8) is 0 Å². The molecule has 0 unspecified atom stereocenters. The van der Waals surface area contributed by atoms with Gasteiger partial charge in [0.2, 0.25) is 5.88 Å². The van der Waals surface area contributed by atoms with Crippen LogP contribution in [-0.2, 0) is 26.9 Å². The number of benzene rings is 1. The van der Waals surface area contributed by atoms with E-state index >= 15 is 0 Å². The normalized spacial score (nSPS) is 14.6. The van der Waals surface area contributed by atoms with Crippen molar-refractivity contribution in [3.8, 4) is 17.0 Å². The van der Waals surface area contributed by atoms with Crippen LogP contribution in [-0.4, -0.2) is 65.9 Å². The van der Waals surface area contributed by atoms with Crippen LogP contribution in [0.2, 0.25) is 0 Å². The van der Waals surface area contributed by atoms with Crippen LogP contribution in [0.25, 0.3) is 22.0 Å². The van der Waals surface area contributed by atoms with Gasteiger partial charge in [-0.25, -0.2) is 13.4 Å². The largest absolute Gasteiger partial charge is 0.481 e. The highest BCUT2D eigenvalue weighted by atomic mass is 32.2. The lowest BCUT2D eigenvalue weighted by molar-refractivity contribution is 0.0601. The van der Waals surface area contributed by atoms with Crippen molar-refractivity contribution in [2.24, 2.45) is 5.92 Å². The fraction of sp³-hybridized carbons (Fsp3) is 0.360. The standard InChI is InChI=1S/C25H28N6O5S/c1-35-25-19(15-37(2,33)34)9-18(12-26-25)17-10-22(20-13-27-29-23(20)11-17)28-24(32)21-3-6-31(30-21)14-16-4-7-36-8-5-16/h3,6,9-13,16H,4-5,7-8,14-15H2,1-2H3,(H,27,29)(H,28,32). The Morgan fingerprint density at radius 2 is 2.03 bits per heavy atom. The van der Waals surface area contributed by atoms with Crippen molar-refractivity contribution in [2.75, 3.05) is 31.9 Å². The van der Waals surface area contributed by atoms with E-state index in [1.807, 2.05) is 18.3 Å². The average molecular weight is 525 g/mol. The number of pyridine rings is 1. The topological polar surface area (TPSA) is 141 Å². The van der Waals surface area contributed by atoms with Crippen LogP contribution < -0.4 is 10.1 Å². The first-order valence-electron chi connectivity index (χ1n) is 11.9. The Labute approximate surface area is 214 Å². The fourth-order valence-electron chi connectivity index (χ4n) is 4.51. The van der Waals surface area contributed by atoms with E-state index in [1.54, 1.807) is 29.2 Å². The highest BCUT2D eigenvalue weighted by Gasteiger charge is 2.18.